The van der Waals surface area contributed by atoms with Gasteiger partial charge in [-0.3, -0.25) is 9.69 Å². The zero-order valence-corrected chi connectivity index (χ0v) is 18.2. The Bertz CT molecular complexity index is 867. The van der Waals surface area contributed by atoms with Gasteiger partial charge in [0.25, 0.3) is 0 Å². The summed E-state index contributed by atoms with van der Waals surface area (Å²) < 4.78 is 13.1. The molecule has 1 aromatic heterocycles. The van der Waals surface area contributed by atoms with Gasteiger partial charge in [0.05, 0.1) is 5.92 Å². The lowest BCUT2D eigenvalue weighted by Crippen LogP contribution is -2.41. The summed E-state index contributed by atoms with van der Waals surface area (Å²) in [6, 6.07) is 6.39. The van der Waals surface area contributed by atoms with Crippen LogP contribution in [0.15, 0.2) is 36.7 Å². The van der Waals surface area contributed by atoms with Crippen molar-refractivity contribution in [2.24, 2.45) is 11.8 Å². The van der Waals surface area contributed by atoms with Gasteiger partial charge < -0.3 is 15.5 Å². The molecule has 7 nitrogen and oxygen atoms in total. The van der Waals surface area contributed by atoms with Crippen LogP contribution in [0.5, 0.6) is 0 Å². The van der Waals surface area contributed by atoms with Gasteiger partial charge in [-0.1, -0.05) is 0 Å². The standard InChI is InChI=1S/C23H31FN6O/c1-25-23-26-12-16(13-27-23)14-30-9-7-17(8-10-30)21-11-18(15-29(21)2)22(31)28-20-5-3-19(24)4-6-20/h3-6,12-13,17-18,21H,7-11,14-15H2,1-2H3,(H,28,31)(H,25,26,27)/t18-,21-/m1/s1. The molecule has 8 heteroatoms. The molecule has 166 valence electrons. The van der Waals surface area contributed by atoms with Crippen molar-refractivity contribution in [3.63, 3.8) is 0 Å². The van der Waals surface area contributed by atoms with Gasteiger partial charge in [0, 0.05) is 49.8 Å². The Labute approximate surface area is 183 Å². The van der Waals surface area contributed by atoms with Crippen LogP contribution in [0.1, 0.15) is 24.8 Å². The third-order valence-electron chi connectivity index (χ3n) is 6.59. The number of hydrogen-bond donors (Lipinski definition) is 2. The van der Waals surface area contributed by atoms with E-state index in [1.54, 1.807) is 12.1 Å². The fourth-order valence-electron chi connectivity index (χ4n) is 4.87. The van der Waals surface area contributed by atoms with E-state index in [9.17, 15) is 9.18 Å². The van der Waals surface area contributed by atoms with Gasteiger partial charge in [-0.25, -0.2) is 14.4 Å². The van der Waals surface area contributed by atoms with Crippen LogP contribution in [0, 0.1) is 17.7 Å². The third kappa shape index (κ3) is 5.37. The van der Waals surface area contributed by atoms with Crippen LogP contribution in [0.2, 0.25) is 0 Å². The first-order valence-electron chi connectivity index (χ1n) is 11.0. The zero-order valence-electron chi connectivity index (χ0n) is 18.2. The number of nitrogens with zero attached hydrogens (tertiary/aromatic N) is 4. The van der Waals surface area contributed by atoms with E-state index in [-0.39, 0.29) is 17.6 Å². The van der Waals surface area contributed by atoms with Crippen LogP contribution in [-0.2, 0) is 11.3 Å². The Balaban J connectivity index is 1.26. The first-order valence-corrected chi connectivity index (χ1v) is 11.0. The van der Waals surface area contributed by atoms with E-state index in [0.717, 1.165) is 51.0 Å². The van der Waals surface area contributed by atoms with Crippen LogP contribution in [0.4, 0.5) is 16.0 Å². The topological polar surface area (TPSA) is 73.4 Å². The summed E-state index contributed by atoms with van der Waals surface area (Å²) >= 11 is 0. The van der Waals surface area contributed by atoms with Crippen molar-refractivity contribution in [2.45, 2.75) is 31.8 Å². The summed E-state index contributed by atoms with van der Waals surface area (Å²) in [7, 11) is 3.94. The normalized spacial score (nSPS) is 23.1. The number of anilines is 2. The molecular formula is C23H31FN6O. The maximum atomic E-state index is 13.1. The Morgan fingerprint density at radius 2 is 1.84 bits per heavy atom. The van der Waals surface area contributed by atoms with E-state index in [1.807, 2.05) is 19.4 Å². The number of aromatic nitrogens is 2. The molecule has 2 aromatic rings. The molecule has 3 heterocycles. The quantitative estimate of drug-likeness (QED) is 0.740. The smallest absolute Gasteiger partial charge is 0.228 e. The van der Waals surface area contributed by atoms with Crippen LogP contribution >= 0.6 is 0 Å². The lowest BCUT2D eigenvalue weighted by Gasteiger charge is -2.37. The number of carbonyl (C=O) groups excluding carboxylic acids is 1. The first-order chi connectivity index (χ1) is 15.0. The SMILES string of the molecule is CNc1ncc(CN2CCC([C@H]3C[C@@H](C(=O)Nc4ccc(F)cc4)CN3C)CC2)cn1. The van der Waals surface area contributed by atoms with Crippen molar-refractivity contribution in [3.8, 4) is 0 Å². The number of likely N-dealkylation sites (tertiary alicyclic amines) is 2. The van der Waals surface area contributed by atoms with Gasteiger partial charge >= 0.3 is 0 Å². The number of amides is 1. The first kappa shape index (κ1) is 21.6. The van der Waals surface area contributed by atoms with Gasteiger partial charge in [0.15, 0.2) is 0 Å². The Kier molecular flexibility index (Phi) is 6.77. The number of rotatable bonds is 6. The minimum absolute atomic E-state index is 0.0269. The molecule has 2 aliphatic rings. The van der Waals surface area contributed by atoms with Gasteiger partial charge in [-0.05, 0) is 69.6 Å². The van der Waals surface area contributed by atoms with Crippen LogP contribution in [-0.4, -0.2) is 65.4 Å². The summed E-state index contributed by atoms with van der Waals surface area (Å²) in [6.45, 7) is 3.75. The summed E-state index contributed by atoms with van der Waals surface area (Å²) in [6.07, 6.45) is 6.93. The number of halogens is 1. The highest BCUT2D eigenvalue weighted by Crippen LogP contribution is 2.33. The van der Waals surface area contributed by atoms with E-state index in [2.05, 4.69) is 37.4 Å². The molecule has 0 saturated carbocycles. The van der Waals surface area contributed by atoms with Gasteiger partial charge in [-0.2, -0.15) is 0 Å². The van der Waals surface area contributed by atoms with E-state index in [4.69, 9.17) is 0 Å². The predicted molar refractivity (Wildman–Crippen MR) is 119 cm³/mol. The maximum Gasteiger partial charge on any atom is 0.228 e. The number of nitrogens with one attached hydrogen (secondary N) is 2. The lowest BCUT2D eigenvalue weighted by atomic mass is 9.86. The van der Waals surface area contributed by atoms with E-state index >= 15 is 0 Å². The molecule has 0 bridgehead atoms. The number of piperidine rings is 1. The van der Waals surface area contributed by atoms with Crippen molar-refractivity contribution in [2.75, 3.05) is 44.4 Å². The molecule has 0 unspecified atom stereocenters. The molecular weight excluding hydrogens is 395 g/mol. The minimum Gasteiger partial charge on any atom is -0.357 e. The fourth-order valence-corrected chi connectivity index (χ4v) is 4.87. The average Bonchev–Trinajstić information content (AvgIpc) is 3.18. The molecule has 2 atom stereocenters. The molecule has 1 aromatic carbocycles. The maximum absolute atomic E-state index is 13.1. The second-order valence-corrected chi connectivity index (χ2v) is 8.71. The Morgan fingerprint density at radius 1 is 1.16 bits per heavy atom. The molecule has 4 rings (SSSR count). The van der Waals surface area contributed by atoms with Gasteiger partial charge in [0.1, 0.15) is 5.82 Å². The van der Waals surface area contributed by atoms with Crippen molar-refractivity contribution < 1.29 is 9.18 Å². The summed E-state index contributed by atoms with van der Waals surface area (Å²) in [5.41, 5.74) is 1.78. The molecule has 2 fully saturated rings. The summed E-state index contributed by atoms with van der Waals surface area (Å²) in [5, 5.41) is 5.88. The molecule has 2 saturated heterocycles. The largest absolute Gasteiger partial charge is 0.357 e. The molecule has 0 aliphatic carbocycles. The molecule has 2 aliphatic heterocycles. The van der Waals surface area contributed by atoms with Crippen molar-refractivity contribution >= 4 is 17.5 Å². The minimum atomic E-state index is -0.299. The van der Waals surface area contributed by atoms with Crippen LogP contribution < -0.4 is 10.6 Å². The van der Waals surface area contributed by atoms with Gasteiger partial charge in [0.2, 0.25) is 11.9 Å². The van der Waals surface area contributed by atoms with Gasteiger partial charge in [-0.15, -0.1) is 0 Å². The number of hydrogen-bond acceptors (Lipinski definition) is 6. The zero-order chi connectivity index (χ0) is 21.8. The average molecular weight is 427 g/mol. The molecule has 1 amide bonds. The number of carbonyl (C=O) groups is 1. The van der Waals surface area contributed by atoms with E-state index in [0.29, 0.717) is 23.6 Å². The Hall–Kier alpha value is -2.58. The monoisotopic (exact) mass is 426 g/mol. The Morgan fingerprint density at radius 3 is 2.48 bits per heavy atom. The second-order valence-electron chi connectivity index (χ2n) is 8.71. The summed E-state index contributed by atoms with van der Waals surface area (Å²) in [5.74, 6) is 0.953. The van der Waals surface area contributed by atoms with Crippen LogP contribution in [0.25, 0.3) is 0 Å². The lowest BCUT2D eigenvalue weighted by molar-refractivity contribution is -0.119. The molecule has 0 radical (unpaired) electrons. The van der Waals surface area contributed by atoms with Crippen molar-refractivity contribution in [3.05, 3.63) is 48.0 Å². The summed E-state index contributed by atoms with van der Waals surface area (Å²) in [4.78, 5) is 26.1. The number of benzene rings is 1. The highest BCUT2D eigenvalue weighted by Gasteiger charge is 2.39. The van der Waals surface area contributed by atoms with E-state index < -0.39 is 0 Å². The second kappa shape index (κ2) is 9.70. The molecule has 0 spiro atoms. The highest BCUT2D eigenvalue weighted by atomic mass is 19.1. The van der Waals surface area contributed by atoms with Crippen molar-refractivity contribution in [1.29, 1.82) is 0 Å². The third-order valence-corrected chi connectivity index (χ3v) is 6.59. The van der Waals surface area contributed by atoms with E-state index in [1.165, 1.54) is 12.1 Å². The van der Waals surface area contributed by atoms with Crippen molar-refractivity contribution in [1.82, 2.24) is 19.8 Å². The fraction of sp³-hybridized carbons (Fsp3) is 0.522. The predicted octanol–water partition coefficient (Wildman–Crippen LogP) is 2.83. The molecule has 2 N–H and O–H groups in total. The van der Waals surface area contributed by atoms with Crippen LogP contribution in [0.3, 0.4) is 0 Å². The highest BCUT2D eigenvalue weighted by molar-refractivity contribution is 5.92. The molecule has 31 heavy (non-hydrogen) atoms.